The number of aryl methyl sites for hydroxylation is 1. The lowest BCUT2D eigenvalue weighted by molar-refractivity contribution is -0.115. The number of thiazole rings is 1. The number of carbonyl (C=O) groups is 2. The molecule has 0 fully saturated rings. The van der Waals surface area contributed by atoms with Crippen LogP contribution in [0.2, 0.25) is 0 Å². The maximum absolute atomic E-state index is 12.4. The molecule has 0 radical (unpaired) electrons. The average molecular weight is 470 g/mol. The van der Waals surface area contributed by atoms with E-state index in [1.165, 1.54) is 0 Å². The largest absolute Gasteiger partial charge is 0.444 e. The first kappa shape index (κ1) is 19.4. The number of furan rings is 1. The highest BCUT2D eigenvalue weighted by molar-refractivity contribution is 9.10. The van der Waals surface area contributed by atoms with Gasteiger partial charge >= 0.3 is 0 Å². The van der Waals surface area contributed by atoms with E-state index in [1.54, 1.807) is 35.6 Å². The smallest absolute Gasteiger partial charge is 0.291 e. The molecular formula is C21H16BrN3O3S. The third kappa shape index (κ3) is 4.72. The van der Waals surface area contributed by atoms with E-state index in [1.807, 2.05) is 37.3 Å². The van der Waals surface area contributed by atoms with Crippen LogP contribution < -0.4 is 10.6 Å². The molecule has 146 valence electrons. The van der Waals surface area contributed by atoms with E-state index in [2.05, 4.69) is 31.5 Å². The number of hydrogen-bond acceptors (Lipinski definition) is 5. The molecule has 0 bridgehead atoms. The van der Waals surface area contributed by atoms with Gasteiger partial charge in [-0.1, -0.05) is 12.1 Å². The van der Waals surface area contributed by atoms with Gasteiger partial charge in [-0.15, -0.1) is 11.3 Å². The van der Waals surface area contributed by atoms with Crippen molar-refractivity contribution in [2.45, 2.75) is 13.3 Å². The van der Waals surface area contributed by atoms with Gasteiger partial charge < -0.3 is 15.1 Å². The highest BCUT2D eigenvalue weighted by Gasteiger charge is 2.11. The van der Waals surface area contributed by atoms with Crippen molar-refractivity contribution in [2.75, 3.05) is 10.6 Å². The second-order valence-electron chi connectivity index (χ2n) is 6.40. The number of hydrogen-bond donors (Lipinski definition) is 2. The lowest BCUT2D eigenvalue weighted by Crippen LogP contribution is -2.14. The topological polar surface area (TPSA) is 84.2 Å². The average Bonchev–Trinajstić information content (AvgIpc) is 3.27. The predicted molar refractivity (Wildman–Crippen MR) is 117 cm³/mol. The molecule has 2 aromatic carbocycles. The third-order valence-corrected chi connectivity index (χ3v) is 5.51. The first-order chi connectivity index (χ1) is 14.0. The van der Waals surface area contributed by atoms with Crippen molar-refractivity contribution >= 4 is 60.7 Å². The van der Waals surface area contributed by atoms with E-state index in [4.69, 9.17) is 4.42 Å². The molecule has 0 aliphatic heterocycles. The summed E-state index contributed by atoms with van der Waals surface area (Å²) in [6.07, 6.45) is 0.235. The van der Waals surface area contributed by atoms with Gasteiger partial charge in [0.1, 0.15) is 0 Å². The Balaban J connectivity index is 1.36. The number of fused-ring (bicyclic) bond motifs is 1. The van der Waals surface area contributed by atoms with Crippen LogP contribution in [-0.2, 0) is 11.2 Å². The molecular weight excluding hydrogens is 454 g/mol. The molecule has 6 nitrogen and oxygen atoms in total. The van der Waals surface area contributed by atoms with Crippen LogP contribution in [0.3, 0.4) is 0 Å². The molecule has 0 aliphatic carbocycles. The van der Waals surface area contributed by atoms with Gasteiger partial charge in [-0.2, -0.15) is 0 Å². The number of halogens is 1. The standard InChI is InChI=1S/C21H16BrN3O3S/c1-12-23-16-7-6-15(11-18(16)29-12)24-20(26)10-13-2-4-14(5-3-13)25-21(27)17-8-9-19(22)28-17/h2-9,11H,10H2,1H3,(H,24,26)(H,25,27). The fourth-order valence-electron chi connectivity index (χ4n) is 2.84. The van der Waals surface area contributed by atoms with Gasteiger partial charge in [0, 0.05) is 11.4 Å². The Morgan fingerprint density at radius 2 is 1.79 bits per heavy atom. The molecule has 8 heteroatoms. The second-order valence-corrected chi connectivity index (χ2v) is 8.41. The van der Waals surface area contributed by atoms with Gasteiger partial charge in [-0.25, -0.2) is 4.98 Å². The minimum absolute atomic E-state index is 0.109. The van der Waals surface area contributed by atoms with E-state index in [0.29, 0.717) is 10.4 Å². The lowest BCUT2D eigenvalue weighted by atomic mass is 10.1. The predicted octanol–water partition coefficient (Wildman–Crippen LogP) is 5.39. The Hall–Kier alpha value is -2.97. The first-order valence-corrected chi connectivity index (χ1v) is 10.4. The number of amides is 2. The Kier molecular flexibility index (Phi) is 5.46. The number of rotatable bonds is 5. The highest BCUT2D eigenvalue weighted by atomic mass is 79.9. The van der Waals surface area contributed by atoms with Crippen molar-refractivity contribution in [2.24, 2.45) is 0 Å². The minimum Gasteiger partial charge on any atom is -0.444 e. The van der Waals surface area contributed by atoms with Crippen molar-refractivity contribution in [1.82, 2.24) is 4.98 Å². The van der Waals surface area contributed by atoms with E-state index >= 15 is 0 Å². The fraction of sp³-hybridized carbons (Fsp3) is 0.0952. The van der Waals surface area contributed by atoms with E-state index in [-0.39, 0.29) is 24.0 Å². The maximum Gasteiger partial charge on any atom is 0.291 e. The van der Waals surface area contributed by atoms with Crippen LogP contribution in [0.4, 0.5) is 11.4 Å². The van der Waals surface area contributed by atoms with Crippen LogP contribution in [0.5, 0.6) is 0 Å². The summed E-state index contributed by atoms with van der Waals surface area (Å²) < 4.78 is 6.77. The van der Waals surface area contributed by atoms with E-state index in [9.17, 15) is 9.59 Å². The SMILES string of the molecule is Cc1nc2ccc(NC(=O)Cc3ccc(NC(=O)c4ccc(Br)o4)cc3)cc2s1. The quantitative estimate of drug-likeness (QED) is 0.410. The molecule has 0 aliphatic rings. The number of benzene rings is 2. The lowest BCUT2D eigenvalue weighted by Gasteiger charge is -2.07. The minimum atomic E-state index is -0.338. The monoisotopic (exact) mass is 469 g/mol. The summed E-state index contributed by atoms with van der Waals surface area (Å²) in [7, 11) is 0. The van der Waals surface area contributed by atoms with Crippen LogP contribution in [0.1, 0.15) is 21.1 Å². The fourth-order valence-corrected chi connectivity index (χ4v) is 4.02. The summed E-state index contributed by atoms with van der Waals surface area (Å²) in [5.41, 5.74) is 3.15. The molecule has 0 unspecified atom stereocenters. The molecule has 2 N–H and O–H groups in total. The number of aromatic nitrogens is 1. The Morgan fingerprint density at radius 3 is 2.52 bits per heavy atom. The molecule has 4 aromatic rings. The number of carbonyl (C=O) groups excluding carboxylic acids is 2. The summed E-state index contributed by atoms with van der Waals surface area (Å²) >= 11 is 4.76. The molecule has 0 spiro atoms. The van der Waals surface area contributed by atoms with Gasteiger partial charge in [-0.05, 0) is 70.9 Å². The maximum atomic E-state index is 12.4. The Morgan fingerprint density at radius 1 is 1.03 bits per heavy atom. The van der Waals surface area contributed by atoms with Gasteiger partial charge in [0.25, 0.3) is 5.91 Å². The molecule has 0 atom stereocenters. The van der Waals surface area contributed by atoms with Crippen molar-refractivity contribution in [3.8, 4) is 0 Å². The zero-order valence-electron chi connectivity index (χ0n) is 15.4. The van der Waals surface area contributed by atoms with Crippen LogP contribution in [-0.4, -0.2) is 16.8 Å². The first-order valence-electron chi connectivity index (χ1n) is 8.79. The third-order valence-electron chi connectivity index (χ3n) is 4.15. The summed E-state index contributed by atoms with van der Waals surface area (Å²) in [4.78, 5) is 28.9. The van der Waals surface area contributed by atoms with Gasteiger partial charge in [-0.3, -0.25) is 9.59 Å². The number of nitrogens with zero attached hydrogens (tertiary/aromatic N) is 1. The van der Waals surface area contributed by atoms with Crippen molar-refractivity contribution in [1.29, 1.82) is 0 Å². The van der Waals surface area contributed by atoms with Gasteiger partial charge in [0.2, 0.25) is 5.91 Å². The number of anilines is 2. The molecule has 29 heavy (non-hydrogen) atoms. The normalized spacial score (nSPS) is 10.8. The molecule has 2 amide bonds. The number of nitrogens with one attached hydrogen (secondary N) is 2. The van der Waals surface area contributed by atoms with Gasteiger partial charge in [0.05, 0.1) is 21.6 Å². The Bertz CT molecular complexity index is 1200. The van der Waals surface area contributed by atoms with E-state index < -0.39 is 0 Å². The zero-order valence-corrected chi connectivity index (χ0v) is 17.8. The van der Waals surface area contributed by atoms with Crippen molar-refractivity contribution in [3.05, 3.63) is 75.6 Å². The zero-order chi connectivity index (χ0) is 20.4. The van der Waals surface area contributed by atoms with Crippen LogP contribution in [0.15, 0.2) is 63.7 Å². The van der Waals surface area contributed by atoms with Crippen molar-refractivity contribution in [3.63, 3.8) is 0 Å². The van der Waals surface area contributed by atoms with E-state index in [0.717, 1.165) is 26.5 Å². The van der Waals surface area contributed by atoms with Crippen LogP contribution in [0, 0.1) is 6.92 Å². The molecule has 0 saturated heterocycles. The molecule has 4 rings (SSSR count). The summed E-state index contributed by atoms with van der Waals surface area (Å²) in [6, 6.07) is 16.1. The molecule has 0 saturated carbocycles. The van der Waals surface area contributed by atoms with Crippen LogP contribution >= 0.6 is 27.3 Å². The van der Waals surface area contributed by atoms with Crippen molar-refractivity contribution < 1.29 is 14.0 Å². The van der Waals surface area contributed by atoms with Gasteiger partial charge in [0.15, 0.2) is 10.4 Å². The summed E-state index contributed by atoms with van der Waals surface area (Å²) in [6.45, 7) is 1.96. The van der Waals surface area contributed by atoms with Crippen LogP contribution in [0.25, 0.3) is 10.2 Å². The molecule has 2 aromatic heterocycles. The highest BCUT2D eigenvalue weighted by Crippen LogP contribution is 2.25. The molecule has 2 heterocycles. The summed E-state index contributed by atoms with van der Waals surface area (Å²) in [5, 5.41) is 6.66. The second kappa shape index (κ2) is 8.18. The Labute approximate surface area is 179 Å². The summed E-state index contributed by atoms with van der Waals surface area (Å²) in [5.74, 6) is -0.230.